The molecule has 0 saturated carbocycles. The minimum absolute atomic E-state index is 0.110. The number of rotatable bonds is 36. The number of allylic oxidation sites excluding steroid dienone is 18. The first-order valence-electron chi connectivity index (χ1n) is 21.5. The first kappa shape index (κ1) is 51.1. The van der Waals surface area contributed by atoms with Crippen LogP contribution in [-0.2, 0) is 28.6 Å². The molecule has 0 rings (SSSR count). The van der Waals surface area contributed by atoms with E-state index < -0.39 is 6.10 Å². The molecule has 0 aliphatic heterocycles. The highest BCUT2D eigenvalue weighted by molar-refractivity contribution is 5.71. The Hall–Kier alpha value is -3.93. The molecule has 0 heterocycles. The van der Waals surface area contributed by atoms with Crippen molar-refractivity contribution < 1.29 is 28.6 Å². The van der Waals surface area contributed by atoms with Gasteiger partial charge in [0.05, 0.1) is 0 Å². The second-order valence-corrected chi connectivity index (χ2v) is 13.7. The van der Waals surface area contributed by atoms with Crippen LogP contribution in [0, 0.1) is 0 Å². The molecule has 0 bridgehead atoms. The molecule has 0 N–H and O–H groups in total. The highest BCUT2D eigenvalue weighted by Crippen LogP contribution is 2.12. The van der Waals surface area contributed by atoms with Crippen molar-refractivity contribution in [2.24, 2.45) is 0 Å². The van der Waals surface area contributed by atoms with Crippen molar-refractivity contribution in [3.05, 3.63) is 109 Å². The van der Waals surface area contributed by atoms with Crippen LogP contribution in [0.25, 0.3) is 0 Å². The SMILES string of the molecule is CC\C=C/C=C\C=C/C=C\C=C/CCCCCC(=O)OCC(COC(=O)CCCCCCCCCCC)OC(=O)CCCCC\C=C/C=C\C=C/C=C\CC. The number of hydrogen-bond acceptors (Lipinski definition) is 6. The lowest BCUT2D eigenvalue weighted by molar-refractivity contribution is -0.167. The van der Waals surface area contributed by atoms with Crippen LogP contribution in [0.1, 0.15) is 162 Å². The average molecular weight is 761 g/mol. The highest BCUT2D eigenvalue weighted by Gasteiger charge is 2.19. The van der Waals surface area contributed by atoms with E-state index in [0.29, 0.717) is 19.3 Å². The normalized spacial score (nSPS) is 13.1. The van der Waals surface area contributed by atoms with E-state index in [1.807, 2.05) is 85.1 Å². The van der Waals surface area contributed by atoms with Gasteiger partial charge >= 0.3 is 17.9 Å². The van der Waals surface area contributed by atoms with Gasteiger partial charge in [0.1, 0.15) is 13.2 Å². The molecular formula is C49H76O6. The fourth-order valence-corrected chi connectivity index (χ4v) is 5.29. The van der Waals surface area contributed by atoms with Gasteiger partial charge in [0.15, 0.2) is 6.10 Å². The van der Waals surface area contributed by atoms with E-state index in [1.165, 1.54) is 38.5 Å². The molecular weight excluding hydrogens is 685 g/mol. The third-order valence-electron chi connectivity index (χ3n) is 8.50. The first-order chi connectivity index (χ1) is 27.0. The summed E-state index contributed by atoms with van der Waals surface area (Å²) >= 11 is 0. The number of unbranched alkanes of at least 4 members (excludes halogenated alkanes) is 14. The highest BCUT2D eigenvalue weighted by atomic mass is 16.6. The summed E-state index contributed by atoms with van der Waals surface area (Å²) in [6, 6.07) is 0. The Bertz CT molecular complexity index is 1200. The zero-order valence-corrected chi connectivity index (χ0v) is 34.9. The van der Waals surface area contributed by atoms with Crippen molar-refractivity contribution in [2.45, 2.75) is 168 Å². The number of esters is 3. The third kappa shape index (κ3) is 41.1. The van der Waals surface area contributed by atoms with Crippen molar-refractivity contribution in [1.82, 2.24) is 0 Å². The standard InChI is InChI=1S/C49H76O6/c1-4-7-10-13-16-19-21-23-24-26-27-30-33-36-39-42-48(51)54-45-46(44-53-47(50)41-38-35-32-29-18-15-12-9-6-3)55-49(52)43-40-37-34-31-28-25-22-20-17-14-11-8-5-2/h7-8,10-11,13-14,16-17,19-28,46H,4-6,9,12,15,18,29-45H2,1-3H3/b10-7-,11-8-,16-13-,17-14-,21-19-,22-20-,24-23-,27-26-,28-25-. The topological polar surface area (TPSA) is 78.9 Å². The lowest BCUT2D eigenvalue weighted by Gasteiger charge is -2.18. The number of carbonyl (C=O) groups excluding carboxylic acids is 3. The van der Waals surface area contributed by atoms with Gasteiger partial charge in [0.25, 0.3) is 0 Å². The Balaban J connectivity index is 4.55. The van der Waals surface area contributed by atoms with Crippen molar-refractivity contribution >= 4 is 17.9 Å². The fourth-order valence-electron chi connectivity index (χ4n) is 5.29. The van der Waals surface area contributed by atoms with Gasteiger partial charge in [-0.2, -0.15) is 0 Å². The summed E-state index contributed by atoms with van der Waals surface area (Å²) in [5.41, 5.74) is 0. The number of hydrogen-bond donors (Lipinski definition) is 0. The molecule has 0 amide bonds. The zero-order chi connectivity index (χ0) is 40.1. The number of ether oxygens (including phenoxy) is 3. The molecule has 0 aliphatic carbocycles. The van der Waals surface area contributed by atoms with Crippen molar-refractivity contribution in [2.75, 3.05) is 13.2 Å². The van der Waals surface area contributed by atoms with Gasteiger partial charge in [-0.15, -0.1) is 0 Å². The van der Waals surface area contributed by atoms with Crippen molar-refractivity contribution in [1.29, 1.82) is 0 Å². The molecule has 0 aromatic rings. The van der Waals surface area contributed by atoms with Gasteiger partial charge in [-0.1, -0.05) is 194 Å². The quantitative estimate of drug-likeness (QED) is 0.0274. The molecule has 0 fully saturated rings. The Labute approximate surface area is 336 Å². The fraction of sp³-hybridized carbons (Fsp3) is 0.571. The zero-order valence-electron chi connectivity index (χ0n) is 34.9. The second-order valence-electron chi connectivity index (χ2n) is 13.7. The summed E-state index contributed by atoms with van der Waals surface area (Å²) in [6.45, 7) is 6.22. The largest absolute Gasteiger partial charge is 0.462 e. The van der Waals surface area contributed by atoms with Gasteiger partial charge in [-0.05, 0) is 57.8 Å². The Morgan fingerprint density at radius 3 is 1.11 bits per heavy atom. The smallest absolute Gasteiger partial charge is 0.306 e. The maximum atomic E-state index is 12.7. The van der Waals surface area contributed by atoms with Crippen LogP contribution < -0.4 is 0 Å². The van der Waals surface area contributed by atoms with E-state index >= 15 is 0 Å². The van der Waals surface area contributed by atoms with Gasteiger partial charge < -0.3 is 14.2 Å². The predicted octanol–water partition coefficient (Wildman–Crippen LogP) is 13.6. The molecule has 0 saturated heterocycles. The summed E-state index contributed by atoms with van der Waals surface area (Å²) in [5.74, 6) is -1.01. The summed E-state index contributed by atoms with van der Waals surface area (Å²) in [5, 5.41) is 0. The summed E-state index contributed by atoms with van der Waals surface area (Å²) in [4.78, 5) is 37.6. The van der Waals surface area contributed by atoms with E-state index in [1.54, 1.807) is 0 Å². The van der Waals surface area contributed by atoms with Gasteiger partial charge in [-0.3, -0.25) is 14.4 Å². The molecule has 6 nitrogen and oxygen atoms in total. The van der Waals surface area contributed by atoms with E-state index in [0.717, 1.165) is 77.0 Å². The summed E-state index contributed by atoms with van der Waals surface area (Å²) < 4.78 is 16.6. The predicted molar refractivity (Wildman–Crippen MR) is 233 cm³/mol. The van der Waals surface area contributed by atoms with E-state index in [4.69, 9.17) is 14.2 Å². The Morgan fingerprint density at radius 1 is 0.382 bits per heavy atom. The maximum Gasteiger partial charge on any atom is 0.306 e. The van der Waals surface area contributed by atoms with Crippen molar-refractivity contribution in [3.8, 4) is 0 Å². The molecule has 55 heavy (non-hydrogen) atoms. The molecule has 1 atom stereocenters. The van der Waals surface area contributed by atoms with Crippen LogP contribution in [0.5, 0.6) is 0 Å². The molecule has 0 aromatic heterocycles. The third-order valence-corrected chi connectivity index (χ3v) is 8.50. The molecule has 0 aliphatic rings. The minimum atomic E-state index is -0.813. The maximum absolute atomic E-state index is 12.7. The minimum Gasteiger partial charge on any atom is -0.462 e. The van der Waals surface area contributed by atoms with E-state index in [-0.39, 0.29) is 37.5 Å². The second kappa shape index (κ2) is 42.8. The Morgan fingerprint density at radius 2 is 0.709 bits per heavy atom. The van der Waals surface area contributed by atoms with Crippen LogP contribution in [0.3, 0.4) is 0 Å². The van der Waals surface area contributed by atoms with Crippen LogP contribution in [-0.4, -0.2) is 37.2 Å². The first-order valence-corrected chi connectivity index (χ1v) is 21.5. The monoisotopic (exact) mass is 761 g/mol. The van der Waals surface area contributed by atoms with Crippen LogP contribution in [0.2, 0.25) is 0 Å². The molecule has 1 unspecified atom stereocenters. The molecule has 0 spiro atoms. The van der Waals surface area contributed by atoms with Gasteiger partial charge in [0.2, 0.25) is 0 Å². The van der Waals surface area contributed by atoms with Crippen molar-refractivity contribution in [3.63, 3.8) is 0 Å². The Kier molecular flexibility index (Phi) is 39.7. The summed E-state index contributed by atoms with van der Waals surface area (Å²) in [7, 11) is 0. The molecule has 6 heteroatoms. The number of carbonyl (C=O) groups is 3. The summed E-state index contributed by atoms with van der Waals surface area (Å²) in [6.07, 6.45) is 56.4. The molecule has 0 aromatic carbocycles. The van der Waals surface area contributed by atoms with E-state index in [2.05, 4.69) is 45.1 Å². The lowest BCUT2D eigenvalue weighted by atomic mass is 10.1. The van der Waals surface area contributed by atoms with Gasteiger partial charge in [0, 0.05) is 19.3 Å². The van der Waals surface area contributed by atoms with Crippen LogP contribution in [0.4, 0.5) is 0 Å². The average Bonchev–Trinajstić information content (AvgIpc) is 3.18. The van der Waals surface area contributed by atoms with E-state index in [9.17, 15) is 14.4 Å². The van der Waals surface area contributed by atoms with Crippen LogP contribution in [0.15, 0.2) is 109 Å². The molecule has 308 valence electrons. The molecule has 0 radical (unpaired) electrons. The van der Waals surface area contributed by atoms with Crippen LogP contribution >= 0.6 is 0 Å². The lowest BCUT2D eigenvalue weighted by Crippen LogP contribution is -2.30. The van der Waals surface area contributed by atoms with Gasteiger partial charge in [-0.25, -0.2) is 0 Å².